The lowest BCUT2D eigenvalue weighted by Gasteiger charge is -2.15. The van der Waals surface area contributed by atoms with Crippen LogP contribution < -0.4 is 0 Å². The Kier molecular flexibility index (Phi) is 7.54. The maximum absolute atomic E-state index is 5.96. The zero-order chi connectivity index (χ0) is 16.4. The van der Waals surface area contributed by atoms with Gasteiger partial charge >= 0.3 is 0 Å². The van der Waals surface area contributed by atoms with Crippen LogP contribution in [0.15, 0.2) is 60.7 Å². The van der Waals surface area contributed by atoms with Crippen molar-refractivity contribution in [1.29, 1.82) is 0 Å². The SMILES string of the molecule is Cl.Cl.Clc1ccc(-c2cc(C3CCN(Cc4ccccc4)C3)[nH]n2)cc1. The van der Waals surface area contributed by atoms with Crippen LogP contribution in [0.1, 0.15) is 23.6 Å². The fraction of sp³-hybridized carbons (Fsp3) is 0.250. The van der Waals surface area contributed by atoms with E-state index in [4.69, 9.17) is 11.6 Å². The second-order valence-electron chi connectivity index (χ2n) is 6.42. The molecule has 1 unspecified atom stereocenters. The minimum Gasteiger partial charge on any atom is -0.298 e. The number of aromatic amines is 1. The molecule has 1 fully saturated rings. The summed E-state index contributed by atoms with van der Waals surface area (Å²) >= 11 is 5.96. The largest absolute Gasteiger partial charge is 0.298 e. The van der Waals surface area contributed by atoms with Crippen molar-refractivity contribution in [3.05, 3.63) is 76.9 Å². The lowest BCUT2D eigenvalue weighted by atomic mass is 10.0. The van der Waals surface area contributed by atoms with E-state index in [9.17, 15) is 0 Å². The molecule has 4 rings (SSSR count). The Hall–Kier alpha value is -1.52. The van der Waals surface area contributed by atoms with Crippen LogP contribution >= 0.6 is 36.4 Å². The molecule has 2 heterocycles. The molecule has 138 valence electrons. The topological polar surface area (TPSA) is 31.9 Å². The van der Waals surface area contributed by atoms with Gasteiger partial charge in [-0.2, -0.15) is 5.10 Å². The summed E-state index contributed by atoms with van der Waals surface area (Å²) in [5.74, 6) is 0.530. The fourth-order valence-electron chi connectivity index (χ4n) is 3.39. The van der Waals surface area contributed by atoms with Gasteiger partial charge in [0.05, 0.1) is 5.69 Å². The van der Waals surface area contributed by atoms with Crippen molar-refractivity contribution in [2.75, 3.05) is 13.1 Å². The van der Waals surface area contributed by atoms with Gasteiger partial charge in [0.1, 0.15) is 0 Å². The maximum Gasteiger partial charge on any atom is 0.0923 e. The van der Waals surface area contributed by atoms with Crippen LogP contribution in [0.3, 0.4) is 0 Å². The summed E-state index contributed by atoms with van der Waals surface area (Å²) in [4.78, 5) is 2.52. The highest BCUT2D eigenvalue weighted by Crippen LogP contribution is 2.29. The molecule has 6 heteroatoms. The van der Waals surface area contributed by atoms with Gasteiger partial charge in [-0.3, -0.25) is 10.00 Å². The molecular weight excluding hydrogens is 389 g/mol. The van der Waals surface area contributed by atoms with Crippen LogP contribution in [0.4, 0.5) is 0 Å². The van der Waals surface area contributed by atoms with Gasteiger partial charge in [0, 0.05) is 35.3 Å². The Morgan fingerprint density at radius 3 is 2.50 bits per heavy atom. The van der Waals surface area contributed by atoms with Crippen molar-refractivity contribution in [2.24, 2.45) is 0 Å². The average Bonchev–Trinajstić information content (AvgIpc) is 3.26. The normalized spacial score (nSPS) is 16.7. The van der Waals surface area contributed by atoms with Gasteiger partial charge in [-0.15, -0.1) is 24.8 Å². The molecule has 1 aliphatic rings. The third kappa shape index (κ3) is 4.80. The summed E-state index contributed by atoms with van der Waals surface area (Å²) in [5.41, 5.74) is 4.70. The van der Waals surface area contributed by atoms with Crippen molar-refractivity contribution >= 4 is 36.4 Å². The zero-order valence-electron chi connectivity index (χ0n) is 14.3. The van der Waals surface area contributed by atoms with Gasteiger partial charge in [0.25, 0.3) is 0 Å². The highest BCUT2D eigenvalue weighted by Gasteiger charge is 2.25. The number of rotatable bonds is 4. The molecule has 1 atom stereocenters. The molecule has 3 nitrogen and oxygen atoms in total. The molecule has 26 heavy (non-hydrogen) atoms. The predicted molar refractivity (Wildman–Crippen MR) is 113 cm³/mol. The third-order valence-corrected chi connectivity index (χ3v) is 4.95. The highest BCUT2D eigenvalue weighted by molar-refractivity contribution is 6.30. The smallest absolute Gasteiger partial charge is 0.0923 e. The summed E-state index contributed by atoms with van der Waals surface area (Å²) in [6.45, 7) is 3.24. The van der Waals surface area contributed by atoms with E-state index in [0.29, 0.717) is 5.92 Å². The monoisotopic (exact) mass is 409 g/mol. The number of nitrogens with one attached hydrogen (secondary N) is 1. The second kappa shape index (κ2) is 9.43. The third-order valence-electron chi connectivity index (χ3n) is 4.70. The van der Waals surface area contributed by atoms with E-state index < -0.39 is 0 Å². The van der Waals surface area contributed by atoms with E-state index in [1.165, 1.54) is 17.7 Å². The Balaban J connectivity index is 0.00000121. The van der Waals surface area contributed by atoms with E-state index in [2.05, 4.69) is 51.5 Å². The predicted octanol–water partition coefficient (Wildman–Crippen LogP) is 5.56. The summed E-state index contributed by atoms with van der Waals surface area (Å²) in [6.07, 6.45) is 1.18. The van der Waals surface area contributed by atoms with Crippen LogP contribution in [0.5, 0.6) is 0 Å². The van der Waals surface area contributed by atoms with Crippen LogP contribution in [0.2, 0.25) is 5.02 Å². The van der Waals surface area contributed by atoms with Gasteiger partial charge in [-0.25, -0.2) is 0 Å². The molecule has 2 aromatic carbocycles. The zero-order valence-corrected chi connectivity index (χ0v) is 16.7. The van der Waals surface area contributed by atoms with Gasteiger partial charge in [0.15, 0.2) is 0 Å². The molecule has 1 aromatic heterocycles. The maximum atomic E-state index is 5.96. The van der Waals surface area contributed by atoms with Crippen molar-refractivity contribution in [3.63, 3.8) is 0 Å². The molecule has 0 spiro atoms. The number of aromatic nitrogens is 2. The molecule has 0 aliphatic carbocycles. The van der Waals surface area contributed by atoms with Crippen molar-refractivity contribution < 1.29 is 0 Å². The molecular formula is C20H22Cl3N3. The van der Waals surface area contributed by atoms with Gasteiger partial charge in [0.2, 0.25) is 0 Å². The van der Waals surface area contributed by atoms with E-state index >= 15 is 0 Å². The first-order valence-electron chi connectivity index (χ1n) is 8.35. The van der Waals surface area contributed by atoms with Crippen LogP contribution in [-0.2, 0) is 6.54 Å². The van der Waals surface area contributed by atoms with E-state index in [1.807, 2.05) is 24.3 Å². The molecule has 0 saturated carbocycles. The van der Waals surface area contributed by atoms with Crippen molar-refractivity contribution in [2.45, 2.75) is 18.9 Å². The minimum absolute atomic E-state index is 0. The van der Waals surface area contributed by atoms with Crippen molar-refractivity contribution in [3.8, 4) is 11.3 Å². The Morgan fingerprint density at radius 1 is 1.04 bits per heavy atom. The minimum atomic E-state index is 0. The highest BCUT2D eigenvalue weighted by atomic mass is 35.5. The molecule has 1 N–H and O–H groups in total. The van der Waals surface area contributed by atoms with Gasteiger partial charge < -0.3 is 0 Å². The van der Waals surface area contributed by atoms with Crippen molar-refractivity contribution in [1.82, 2.24) is 15.1 Å². The lowest BCUT2D eigenvalue weighted by molar-refractivity contribution is 0.326. The molecule has 0 amide bonds. The van der Waals surface area contributed by atoms with E-state index in [0.717, 1.165) is 35.9 Å². The fourth-order valence-corrected chi connectivity index (χ4v) is 3.51. The quantitative estimate of drug-likeness (QED) is 0.610. The number of likely N-dealkylation sites (tertiary alicyclic amines) is 1. The van der Waals surface area contributed by atoms with Crippen LogP contribution in [-0.4, -0.2) is 28.2 Å². The Bertz CT molecular complexity index is 803. The van der Waals surface area contributed by atoms with E-state index in [1.54, 1.807) is 0 Å². The summed E-state index contributed by atoms with van der Waals surface area (Å²) < 4.78 is 0. The van der Waals surface area contributed by atoms with Crippen LogP contribution in [0.25, 0.3) is 11.3 Å². The number of hydrogen-bond donors (Lipinski definition) is 1. The number of nitrogens with zero attached hydrogens (tertiary/aromatic N) is 2. The van der Waals surface area contributed by atoms with Gasteiger partial charge in [-0.1, -0.05) is 54.1 Å². The Labute approximate surface area is 171 Å². The number of halogens is 3. The summed E-state index contributed by atoms with van der Waals surface area (Å²) in [7, 11) is 0. The number of benzene rings is 2. The molecule has 3 aromatic rings. The summed E-state index contributed by atoms with van der Waals surface area (Å²) in [6, 6.07) is 20.7. The second-order valence-corrected chi connectivity index (χ2v) is 6.86. The first kappa shape index (κ1) is 20.8. The average molecular weight is 411 g/mol. The molecule has 0 bridgehead atoms. The lowest BCUT2D eigenvalue weighted by Crippen LogP contribution is -2.19. The van der Waals surface area contributed by atoms with Crippen LogP contribution in [0, 0.1) is 0 Å². The number of H-pyrrole nitrogens is 1. The first-order valence-corrected chi connectivity index (χ1v) is 8.73. The van der Waals surface area contributed by atoms with Gasteiger partial charge in [-0.05, 0) is 36.7 Å². The Morgan fingerprint density at radius 2 is 1.77 bits per heavy atom. The molecule has 1 saturated heterocycles. The van der Waals surface area contributed by atoms with E-state index in [-0.39, 0.29) is 24.8 Å². The standard InChI is InChI=1S/C20H20ClN3.2ClH/c21-18-8-6-16(7-9-18)19-12-20(23-22-19)17-10-11-24(14-17)13-15-4-2-1-3-5-15;;/h1-9,12,17H,10-11,13-14H2,(H,22,23);2*1H. The number of hydrogen-bond acceptors (Lipinski definition) is 2. The molecule has 0 radical (unpaired) electrons. The summed E-state index contributed by atoms with van der Waals surface area (Å²) in [5, 5.41) is 8.47. The first-order chi connectivity index (χ1) is 11.8. The molecule has 1 aliphatic heterocycles.